The molecule has 5 aromatic carbocycles. The van der Waals surface area contributed by atoms with Crippen molar-refractivity contribution in [3.05, 3.63) is 138 Å². The minimum atomic E-state index is -0.645. The summed E-state index contributed by atoms with van der Waals surface area (Å²) in [6.45, 7) is 0. The van der Waals surface area contributed by atoms with E-state index in [1.165, 1.54) is 12.3 Å². The van der Waals surface area contributed by atoms with Gasteiger partial charge in [0.2, 0.25) is 0 Å². The second-order valence-electron chi connectivity index (χ2n) is 10.0. The fraction of sp³-hybridized carbons (Fsp3) is 0.0571. The molecule has 0 aromatic heterocycles. The summed E-state index contributed by atoms with van der Waals surface area (Å²) in [6.07, 6.45) is 2.86. The molecule has 0 radical (unpaired) electrons. The first-order chi connectivity index (χ1) is 21.4. The molecule has 0 aliphatic heterocycles. The van der Waals surface area contributed by atoms with Crippen molar-refractivity contribution >= 4 is 51.9 Å². The van der Waals surface area contributed by atoms with Crippen molar-refractivity contribution in [3.8, 4) is 5.75 Å². The maximum Gasteiger partial charge on any atom is 0.287 e. The van der Waals surface area contributed by atoms with Gasteiger partial charge in [-0.1, -0.05) is 66.7 Å². The van der Waals surface area contributed by atoms with Crippen LogP contribution < -0.4 is 15.6 Å². The normalized spacial score (nSPS) is 11.6. The van der Waals surface area contributed by atoms with Crippen molar-refractivity contribution in [1.82, 2.24) is 10.7 Å². The molecule has 3 N–H and O–H groups in total. The summed E-state index contributed by atoms with van der Waals surface area (Å²) in [5, 5.41) is 27.8. The third kappa shape index (κ3) is 7.40. The van der Waals surface area contributed by atoms with E-state index in [0.717, 1.165) is 16.5 Å². The number of hydrazone groups is 1. The smallest absolute Gasteiger partial charge is 0.287 e. The highest BCUT2D eigenvalue weighted by molar-refractivity contribution is 6.05. The van der Waals surface area contributed by atoms with E-state index in [4.69, 9.17) is 0 Å². The van der Waals surface area contributed by atoms with E-state index in [0.29, 0.717) is 28.1 Å². The Hall–Kier alpha value is -6.09. The number of anilines is 1. The van der Waals surface area contributed by atoms with Gasteiger partial charge in [0.05, 0.1) is 17.6 Å². The average molecular weight is 583 g/mol. The third-order valence-corrected chi connectivity index (χ3v) is 6.67. The predicted octanol–water partition coefficient (Wildman–Crippen LogP) is 6.95. The zero-order chi connectivity index (χ0) is 30.9. The van der Waals surface area contributed by atoms with Crippen LogP contribution >= 0.6 is 0 Å². The topological polar surface area (TPSA) is 119 Å². The zero-order valence-corrected chi connectivity index (χ0v) is 24.2. The molecule has 0 unspecified atom stereocenters. The third-order valence-electron chi connectivity index (χ3n) is 6.67. The lowest BCUT2D eigenvalue weighted by Crippen LogP contribution is -2.32. The van der Waals surface area contributed by atoms with Crippen LogP contribution in [0.2, 0.25) is 0 Å². The monoisotopic (exact) mass is 582 g/mol. The SMILES string of the molecule is CN(C)c1ccc(/C=C(\NC(=O)c2ccccc2)C(=O)N/N=C/c2cc(N=Nc3cccc4ccccc34)ccc2O)cc1. The second-order valence-corrected chi connectivity index (χ2v) is 10.0. The molecule has 0 spiro atoms. The molecule has 0 atom stereocenters. The van der Waals surface area contributed by atoms with Gasteiger partial charge in [-0.15, -0.1) is 5.11 Å². The number of carbonyl (C=O) groups excluding carboxylic acids is 2. The van der Waals surface area contributed by atoms with Crippen LogP contribution in [0.4, 0.5) is 17.1 Å². The highest BCUT2D eigenvalue weighted by Gasteiger charge is 2.14. The minimum Gasteiger partial charge on any atom is -0.507 e. The van der Waals surface area contributed by atoms with Crippen LogP contribution in [0, 0.1) is 0 Å². The molecule has 0 bridgehead atoms. The molecule has 5 aromatic rings. The van der Waals surface area contributed by atoms with Crippen LogP contribution in [0.1, 0.15) is 21.5 Å². The summed E-state index contributed by atoms with van der Waals surface area (Å²) < 4.78 is 0. The molecule has 0 saturated carbocycles. The van der Waals surface area contributed by atoms with Gasteiger partial charge in [-0.3, -0.25) is 9.59 Å². The number of phenolic OH excluding ortho intramolecular Hbond substituents is 1. The molecule has 0 saturated heterocycles. The van der Waals surface area contributed by atoms with Crippen molar-refractivity contribution in [2.45, 2.75) is 0 Å². The molecule has 0 heterocycles. The number of fused-ring (bicyclic) bond motifs is 1. The van der Waals surface area contributed by atoms with Gasteiger partial charge in [0.15, 0.2) is 0 Å². The standard InChI is InChI=1S/C35H30N6O3/c1-41(2)29-18-15-24(16-19-29)21-32(37-34(43)26-10-4-3-5-11-26)35(44)40-36-23-27-22-28(17-20-33(27)42)38-39-31-14-8-12-25-9-6-7-13-30(25)31/h3-23,42H,1-2H3,(H,37,43)(H,40,44)/b32-21-,36-23+,39-38?. The molecule has 0 aliphatic rings. The lowest BCUT2D eigenvalue weighted by atomic mass is 10.1. The number of aromatic hydroxyl groups is 1. The molecule has 218 valence electrons. The fourth-order valence-corrected chi connectivity index (χ4v) is 4.31. The largest absolute Gasteiger partial charge is 0.507 e. The quantitative estimate of drug-likeness (QED) is 0.0754. The summed E-state index contributed by atoms with van der Waals surface area (Å²) in [5.74, 6) is -1.14. The van der Waals surface area contributed by atoms with E-state index in [2.05, 4.69) is 26.1 Å². The number of hydrogen-bond donors (Lipinski definition) is 3. The van der Waals surface area contributed by atoms with Crippen LogP contribution in [0.3, 0.4) is 0 Å². The number of nitrogens with one attached hydrogen (secondary N) is 2. The van der Waals surface area contributed by atoms with Gasteiger partial charge in [0.25, 0.3) is 11.8 Å². The van der Waals surface area contributed by atoms with Crippen LogP contribution in [0.5, 0.6) is 5.75 Å². The molecule has 2 amide bonds. The predicted molar refractivity (Wildman–Crippen MR) is 175 cm³/mol. The summed E-state index contributed by atoms with van der Waals surface area (Å²) in [4.78, 5) is 28.0. The van der Waals surface area contributed by atoms with E-state index in [9.17, 15) is 14.7 Å². The molecule has 9 nitrogen and oxygen atoms in total. The Morgan fingerprint density at radius 1 is 0.795 bits per heavy atom. The molecular weight excluding hydrogens is 552 g/mol. The number of nitrogens with zero attached hydrogens (tertiary/aromatic N) is 4. The lowest BCUT2D eigenvalue weighted by molar-refractivity contribution is -0.117. The first-order valence-corrected chi connectivity index (χ1v) is 13.8. The maximum absolute atomic E-state index is 13.2. The Balaban J connectivity index is 1.34. The van der Waals surface area contributed by atoms with Gasteiger partial charge >= 0.3 is 0 Å². The number of phenols is 1. The summed E-state index contributed by atoms with van der Waals surface area (Å²) >= 11 is 0. The summed E-state index contributed by atoms with van der Waals surface area (Å²) in [7, 11) is 3.87. The average Bonchev–Trinajstić information content (AvgIpc) is 3.05. The van der Waals surface area contributed by atoms with Gasteiger partial charge in [-0.05, 0) is 65.6 Å². The Kier molecular flexibility index (Phi) is 9.17. The molecule has 5 rings (SSSR count). The van der Waals surface area contributed by atoms with Gasteiger partial charge in [0, 0.05) is 36.3 Å². The van der Waals surface area contributed by atoms with Crippen LogP contribution in [-0.2, 0) is 4.79 Å². The van der Waals surface area contributed by atoms with Crippen LogP contribution in [0.15, 0.2) is 136 Å². The van der Waals surface area contributed by atoms with Crippen molar-refractivity contribution < 1.29 is 14.7 Å². The van der Waals surface area contributed by atoms with Gasteiger partial charge in [-0.25, -0.2) is 5.43 Å². The second kappa shape index (κ2) is 13.7. The maximum atomic E-state index is 13.2. The Morgan fingerprint density at radius 2 is 1.52 bits per heavy atom. The molecule has 0 aliphatic carbocycles. The zero-order valence-electron chi connectivity index (χ0n) is 24.2. The van der Waals surface area contributed by atoms with Crippen molar-refractivity contribution in [2.75, 3.05) is 19.0 Å². The molecule has 0 fully saturated rings. The summed E-state index contributed by atoms with van der Waals surface area (Å²) in [6, 6.07) is 34.5. The number of amides is 2. The number of rotatable bonds is 9. The van der Waals surface area contributed by atoms with Crippen molar-refractivity contribution in [1.29, 1.82) is 0 Å². The first kappa shape index (κ1) is 29.4. The van der Waals surface area contributed by atoms with Crippen LogP contribution in [0.25, 0.3) is 16.8 Å². The molecule has 44 heavy (non-hydrogen) atoms. The Morgan fingerprint density at radius 3 is 2.30 bits per heavy atom. The van der Waals surface area contributed by atoms with Crippen molar-refractivity contribution in [2.24, 2.45) is 15.3 Å². The minimum absolute atomic E-state index is 0.00420. The first-order valence-electron chi connectivity index (χ1n) is 13.8. The van der Waals surface area contributed by atoms with E-state index in [1.807, 2.05) is 85.7 Å². The summed E-state index contributed by atoms with van der Waals surface area (Å²) in [5.41, 5.74) is 6.05. The molecular formula is C35H30N6O3. The van der Waals surface area contributed by atoms with Gasteiger partial charge < -0.3 is 15.3 Å². The number of hydrogen-bond acceptors (Lipinski definition) is 7. The fourth-order valence-electron chi connectivity index (χ4n) is 4.31. The van der Waals surface area contributed by atoms with E-state index in [-0.39, 0.29) is 11.4 Å². The highest BCUT2D eigenvalue weighted by atomic mass is 16.3. The Bertz CT molecular complexity index is 1880. The lowest BCUT2D eigenvalue weighted by Gasteiger charge is -2.12. The van der Waals surface area contributed by atoms with E-state index >= 15 is 0 Å². The van der Waals surface area contributed by atoms with Gasteiger partial charge in [-0.2, -0.15) is 10.2 Å². The van der Waals surface area contributed by atoms with E-state index in [1.54, 1.807) is 48.5 Å². The van der Waals surface area contributed by atoms with E-state index < -0.39 is 11.8 Å². The van der Waals surface area contributed by atoms with Crippen molar-refractivity contribution in [3.63, 3.8) is 0 Å². The number of benzene rings is 5. The number of azo groups is 1. The number of carbonyl (C=O) groups is 2. The molecule has 9 heteroatoms. The highest BCUT2D eigenvalue weighted by Crippen LogP contribution is 2.29. The Labute approximate surface area is 254 Å². The van der Waals surface area contributed by atoms with Crippen LogP contribution in [-0.4, -0.2) is 37.2 Å². The van der Waals surface area contributed by atoms with Gasteiger partial charge in [0.1, 0.15) is 11.4 Å².